The lowest BCUT2D eigenvalue weighted by Crippen LogP contribution is -2.40. The van der Waals surface area contributed by atoms with Crippen molar-refractivity contribution in [3.8, 4) is 0 Å². The largest absolute Gasteiger partial charge is 0.383 e. The minimum absolute atomic E-state index is 0.571. The van der Waals surface area contributed by atoms with E-state index in [-0.39, 0.29) is 0 Å². The molecule has 0 aromatic carbocycles. The summed E-state index contributed by atoms with van der Waals surface area (Å²) >= 11 is 0. The van der Waals surface area contributed by atoms with Crippen LogP contribution in [0.4, 0.5) is 0 Å². The molecule has 5 nitrogen and oxygen atoms in total. The van der Waals surface area contributed by atoms with E-state index in [0.29, 0.717) is 6.04 Å². The van der Waals surface area contributed by atoms with Crippen LogP contribution in [0.2, 0.25) is 0 Å². The molecule has 0 radical (unpaired) electrons. The number of likely N-dealkylation sites (tertiary alicyclic amines) is 1. The Hall–Kier alpha value is -0.810. The molecule has 2 N–H and O–H groups in total. The van der Waals surface area contributed by atoms with Crippen molar-refractivity contribution >= 4 is 5.96 Å². The van der Waals surface area contributed by atoms with Gasteiger partial charge in [-0.1, -0.05) is 13.8 Å². The van der Waals surface area contributed by atoms with Gasteiger partial charge in [0, 0.05) is 32.8 Å². The first-order valence-electron chi connectivity index (χ1n) is 8.92. The van der Waals surface area contributed by atoms with Gasteiger partial charge in [-0.25, -0.2) is 0 Å². The lowest BCUT2D eigenvalue weighted by Gasteiger charge is -2.23. The van der Waals surface area contributed by atoms with Crippen molar-refractivity contribution in [1.82, 2.24) is 15.5 Å². The average molecular weight is 313 g/mol. The number of guanidine groups is 1. The molecule has 0 aliphatic carbocycles. The maximum atomic E-state index is 5.20. The SMILES string of the molecule is CCNC(=NCC1CCCN1CCOC)NCCCC(C)C. The Morgan fingerprint density at radius 3 is 2.86 bits per heavy atom. The van der Waals surface area contributed by atoms with Gasteiger partial charge in [0.25, 0.3) is 0 Å². The fraction of sp³-hybridized carbons (Fsp3) is 0.941. The van der Waals surface area contributed by atoms with Gasteiger partial charge in [0.05, 0.1) is 13.2 Å². The van der Waals surface area contributed by atoms with Crippen LogP contribution in [0, 0.1) is 5.92 Å². The van der Waals surface area contributed by atoms with Gasteiger partial charge in [-0.05, 0) is 45.1 Å². The molecule has 1 aliphatic rings. The van der Waals surface area contributed by atoms with Crippen molar-refractivity contribution in [1.29, 1.82) is 0 Å². The number of ether oxygens (including phenoxy) is 1. The van der Waals surface area contributed by atoms with Gasteiger partial charge in [-0.3, -0.25) is 9.89 Å². The Labute approximate surface area is 136 Å². The van der Waals surface area contributed by atoms with Crippen LogP contribution in [0.15, 0.2) is 4.99 Å². The van der Waals surface area contributed by atoms with Crippen molar-refractivity contribution in [3.05, 3.63) is 0 Å². The Bertz CT molecular complexity index is 307. The van der Waals surface area contributed by atoms with E-state index in [1.54, 1.807) is 7.11 Å². The minimum Gasteiger partial charge on any atom is -0.383 e. The lowest BCUT2D eigenvalue weighted by molar-refractivity contribution is 0.142. The van der Waals surface area contributed by atoms with Gasteiger partial charge < -0.3 is 15.4 Å². The molecule has 1 saturated heterocycles. The smallest absolute Gasteiger partial charge is 0.191 e. The van der Waals surface area contributed by atoms with Gasteiger partial charge in [0.2, 0.25) is 0 Å². The van der Waals surface area contributed by atoms with Crippen LogP contribution in [-0.2, 0) is 4.74 Å². The molecule has 0 amide bonds. The van der Waals surface area contributed by atoms with Crippen LogP contribution < -0.4 is 10.6 Å². The molecule has 0 saturated carbocycles. The predicted molar refractivity (Wildman–Crippen MR) is 94.5 cm³/mol. The van der Waals surface area contributed by atoms with Crippen molar-refractivity contribution in [2.75, 3.05) is 46.4 Å². The maximum absolute atomic E-state index is 5.20. The molecule has 1 heterocycles. The third-order valence-corrected chi connectivity index (χ3v) is 4.14. The highest BCUT2D eigenvalue weighted by Gasteiger charge is 2.23. The molecule has 1 atom stereocenters. The van der Waals surface area contributed by atoms with Crippen LogP contribution in [0.1, 0.15) is 46.5 Å². The first-order valence-corrected chi connectivity index (χ1v) is 8.92. The van der Waals surface area contributed by atoms with E-state index in [0.717, 1.165) is 44.7 Å². The standard InChI is InChI=1S/C17H36N4O/c1-5-18-17(19-10-6-8-15(2)3)20-14-16-9-7-11-21(16)12-13-22-4/h15-16H,5-14H2,1-4H3,(H2,18,19,20). The average Bonchev–Trinajstić information content (AvgIpc) is 2.94. The molecule has 130 valence electrons. The molecular formula is C17H36N4O. The third kappa shape index (κ3) is 7.99. The number of hydrogen-bond donors (Lipinski definition) is 2. The zero-order valence-electron chi connectivity index (χ0n) is 15.0. The van der Waals surface area contributed by atoms with Crippen molar-refractivity contribution in [2.24, 2.45) is 10.9 Å². The molecule has 5 heteroatoms. The van der Waals surface area contributed by atoms with Crippen LogP contribution in [0.25, 0.3) is 0 Å². The number of nitrogens with one attached hydrogen (secondary N) is 2. The first-order chi connectivity index (χ1) is 10.7. The molecule has 1 unspecified atom stereocenters. The number of nitrogens with zero attached hydrogens (tertiary/aromatic N) is 2. The molecule has 1 aliphatic heterocycles. The number of hydrogen-bond acceptors (Lipinski definition) is 3. The second-order valence-corrected chi connectivity index (χ2v) is 6.51. The second kappa shape index (κ2) is 11.7. The van der Waals surface area contributed by atoms with Crippen molar-refractivity contribution in [3.63, 3.8) is 0 Å². The summed E-state index contributed by atoms with van der Waals surface area (Å²) in [5.41, 5.74) is 0. The lowest BCUT2D eigenvalue weighted by atomic mass is 10.1. The Morgan fingerprint density at radius 1 is 1.36 bits per heavy atom. The molecule has 0 aromatic rings. The molecule has 1 rings (SSSR count). The first kappa shape index (κ1) is 19.2. The molecule has 22 heavy (non-hydrogen) atoms. The summed E-state index contributed by atoms with van der Waals surface area (Å²) in [7, 11) is 1.77. The molecule has 1 fully saturated rings. The topological polar surface area (TPSA) is 48.9 Å². The van der Waals surface area contributed by atoms with E-state index in [1.165, 1.54) is 32.2 Å². The third-order valence-electron chi connectivity index (χ3n) is 4.14. The Kier molecular flexibility index (Phi) is 10.2. The van der Waals surface area contributed by atoms with E-state index in [2.05, 4.69) is 36.3 Å². The van der Waals surface area contributed by atoms with Crippen LogP contribution in [0.5, 0.6) is 0 Å². The summed E-state index contributed by atoms with van der Waals surface area (Å²) in [6.45, 7) is 12.5. The zero-order valence-corrected chi connectivity index (χ0v) is 15.0. The maximum Gasteiger partial charge on any atom is 0.191 e. The van der Waals surface area contributed by atoms with Gasteiger partial charge in [-0.15, -0.1) is 0 Å². The van der Waals surface area contributed by atoms with Crippen LogP contribution in [0.3, 0.4) is 0 Å². The van der Waals surface area contributed by atoms with E-state index >= 15 is 0 Å². The van der Waals surface area contributed by atoms with Crippen molar-refractivity contribution in [2.45, 2.75) is 52.5 Å². The zero-order chi connectivity index (χ0) is 16.2. The minimum atomic E-state index is 0.571. The quantitative estimate of drug-likeness (QED) is 0.368. The monoisotopic (exact) mass is 312 g/mol. The predicted octanol–water partition coefficient (Wildman–Crippen LogP) is 2.09. The molecule has 0 spiro atoms. The molecule has 0 aromatic heterocycles. The van der Waals surface area contributed by atoms with E-state index in [4.69, 9.17) is 9.73 Å². The van der Waals surface area contributed by atoms with Crippen LogP contribution >= 0.6 is 0 Å². The summed E-state index contributed by atoms with van der Waals surface area (Å²) in [5.74, 6) is 1.74. The molecular weight excluding hydrogens is 276 g/mol. The van der Waals surface area contributed by atoms with E-state index in [9.17, 15) is 0 Å². The highest BCUT2D eigenvalue weighted by Crippen LogP contribution is 2.16. The Morgan fingerprint density at radius 2 is 2.18 bits per heavy atom. The Balaban J connectivity index is 2.36. The number of methoxy groups -OCH3 is 1. The fourth-order valence-corrected chi connectivity index (χ4v) is 2.86. The van der Waals surface area contributed by atoms with Gasteiger partial charge in [0.15, 0.2) is 5.96 Å². The van der Waals surface area contributed by atoms with Gasteiger partial charge >= 0.3 is 0 Å². The summed E-state index contributed by atoms with van der Waals surface area (Å²) in [5, 5.41) is 6.80. The highest BCUT2D eigenvalue weighted by molar-refractivity contribution is 5.79. The van der Waals surface area contributed by atoms with E-state index < -0.39 is 0 Å². The van der Waals surface area contributed by atoms with Gasteiger partial charge in [0.1, 0.15) is 0 Å². The summed E-state index contributed by atoms with van der Waals surface area (Å²) in [6, 6.07) is 0.571. The second-order valence-electron chi connectivity index (χ2n) is 6.51. The highest BCUT2D eigenvalue weighted by atomic mass is 16.5. The molecule has 0 bridgehead atoms. The summed E-state index contributed by atoms with van der Waals surface area (Å²) < 4.78 is 5.20. The van der Waals surface area contributed by atoms with Gasteiger partial charge in [-0.2, -0.15) is 0 Å². The number of aliphatic imine (C=N–C) groups is 1. The van der Waals surface area contributed by atoms with Crippen LogP contribution in [-0.4, -0.2) is 63.3 Å². The summed E-state index contributed by atoms with van der Waals surface area (Å²) in [4.78, 5) is 7.29. The van der Waals surface area contributed by atoms with Crippen molar-refractivity contribution < 1.29 is 4.74 Å². The van der Waals surface area contributed by atoms with E-state index in [1.807, 2.05) is 0 Å². The normalized spacial score (nSPS) is 19.9. The number of rotatable bonds is 10. The summed E-state index contributed by atoms with van der Waals surface area (Å²) in [6.07, 6.45) is 4.99. The fourth-order valence-electron chi connectivity index (χ4n) is 2.86.